The van der Waals surface area contributed by atoms with Gasteiger partial charge in [-0.05, 0) is 17.6 Å². The van der Waals surface area contributed by atoms with E-state index in [0.29, 0.717) is 12.1 Å². The van der Waals surface area contributed by atoms with Crippen LogP contribution >= 0.6 is 0 Å². The summed E-state index contributed by atoms with van der Waals surface area (Å²) in [5.74, 6) is -11.4. The number of fused-ring (bicyclic) bond motifs is 1. The molecule has 0 aliphatic rings. The van der Waals surface area contributed by atoms with E-state index in [0.717, 1.165) is 61.6 Å². The van der Waals surface area contributed by atoms with Crippen molar-refractivity contribution in [2.24, 2.45) is 0 Å². The molecule has 0 heterocycles. The van der Waals surface area contributed by atoms with Crippen molar-refractivity contribution in [3.8, 4) is 5.75 Å². The smallest absolute Gasteiger partial charge is 0.254 e. The Balaban J connectivity index is 2.27. The van der Waals surface area contributed by atoms with Crippen molar-refractivity contribution in [1.29, 1.82) is 0 Å². The molecule has 0 aromatic heterocycles. The van der Waals surface area contributed by atoms with Crippen molar-refractivity contribution in [2.75, 3.05) is 0 Å². The van der Waals surface area contributed by atoms with Crippen LogP contribution in [0.25, 0.3) is 10.8 Å². The van der Waals surface area contributed by atoms with Crippen LogP contribution in [-0.2, 0) is 0 Å². The van der Waals surface area contributed by atoms with Gasteiger partial charge in [-0.1, -0.05) is 206 Å². The second kappa shape index (κ2) is 23.4. The zero-order valence-electron chi connectivity index (χ0n) is 36.6. The molecule has 0 N–H and O–H groups in total. The van der Waals surface area contributed by atoms with E-state index in [1.807, 2.05) is 13.8 Å². The third-order valence-electron chi connectivity index (χ3n) is 13.6. The molecule has 0 amide bonds. The van der Waals surface area contributed by atoms with Gasteiger partial charge in [-0.3, -0.25) is 0 Å². The van der Waals surface area contributed by atoms with Crippen molar-refractivity contribution in [3.05, 3.63) is 41.0 Å². The molecule has 1 unspecified atom stereocenters. The minimum atomic E-state index is -3.05. The molecule has 1 atom stereocenters. The highest BCUT2D eigenvalue weighted by Gasteiger charge is 2.43. The molecule has 0 aliphatic carbocycles. The van der Waals surface area contributed by atoms with Gasteiger partial charge in [-0.2, -0.15) is 4.39 Å². The lowest BCUT2D eigenvalue weighted by atomic mass is 10.1. The average molecular weight is 832 g/mol. The Bertz CT molecular complexity index is 1410. The molecule has 0 aliphatic heterocycles. The molecule has 10 heteroatoms. The molecule has 1 radical (unpaired) electrons. The summed E-state index contributed by atoms with van der Waals surface area (Å²) in [5.41, 5.74) is 2.16. The Morgan fingerprint density at radius 3 is 1.27 bits per heavy atom. The van der Waals surface area contributed by atoms with E-state index in [1.54, 1.807) is 0 Å². The summed E-state index contributed by atoms with van der Waals surface area (Å²) < 4.78 is 97.1. The van der Waals surface area contributed by atoms with Crippen LogP contribution in [0.1, 0.15) is 160 Å². The van der Waals surface area contributed by atoms with Crippen LogP contribution in [0.2, 0.25) is 64.5 Å². The zero-order valence-corrected chi connectivity index (χ0v) is 39.6. The normalized spacial score (nSPS) is 14.0. The third kappa shape index (κ3) is 12.6. The lowest BCUT2D eigenvalue weighted by Gasteiger charge is -2.43. The van der Waals surface area contributed by atoms with Crippen LogP contribution in [0.15, 0.2) is 0 Å². The minimum absolute atomic E-state index is 0.0904. The first-order chi connectivity index (χ1) is 25.9. The van der Waals surface area contributed by atoms with Gasteiger partial charge < -0.3 is 4.43 Å². The van der Waals surface area contributed by atoms with E-state index in [9.17, 15) is 13.2 Å². The SMILES string of the molecule is CCC[Si](CCC)(CCC)CCCCCC[Si](CCCCCCCC[Si](C(C)C)(C(C)C)C(C)C)(Oc1c(F)c(F)c2c(F)[c]c(F)c(F)c2c1F)C(C)C. The maximum absolute atomic E-state index is 16.0. The number of benzene rings is 2. The first kappa shape index (κ1) is 49.9. The van der Waals surface area contributed by atoms with E-state index >= 15 is 13.2 Å². The topological polar surface area (TPSA) is 9.23 Å². The third-order valence-corrected chi connectivity index (χ3v) is 32.5. The highest BCUT2D eigenvalue weighted by atomic mass is 28.4. The fourth-order valence-electron chi connectivity index (χ4n) is 10.6. The van der Waals surface area contributed by atoms with Gasteiger partial charge in [-0.25, -0.2) is 22.0 Å². The molecule has 2 aromatic carbocycles. The predicted octanol–water partition coefficient (Wildman–Crippen LogP) is 17.5. The molecular weight excluding hydrogens is 755 g/mol. The molecule has 0 saturated carbocycles. The molecule has 0 saturated heterocycles. The summed E-state index contributed by atoms with van der Waals surface area (Å²) >= 11 is 0. The van der Waals surface area contributed by atoms with Crippen LogP contribution in [-0.4, -0.2) is 24.5 Å². The summed E-state index contributed by atoms with van der Waals surface area (Å²) in [6, 6.07) is 9.47. The van der Waals surface area contributed by atoms with Gasteiger partial charge in [0, 0.05) is 0 Å². The summed E-state index contributed by atoms with van der Waals surface area (Å²) in [6.07, 6.45) is 14.1. The summed E-state index contributed by atoms with van der Waals surface area (Å²) in [4.78, 5) is 0. The van der Waals surface area contributed by atoms with Gasteiger partial charge in [0.25, 0.3) is 8.32 Å². The van der Waals surface area contributed by atoms with Crippen LogP contribution in [0.4, 0.5) is 26.3 Å². The largest absolute Gasteiger partial charge is 0.539 e. The van der Waals surface area contributed by atoms with Gasteiger partial charge in [0.05, 0.1) is 33.0 Å². The number of hydrogen-bond acceptors (Lipinski definition) is 1. The maximum atomic E-state index is 16.0. The van der Waals surface area contributed by atoms with E-state index in [1.165, 1.54) is 74.8 Å². The van der Waals surface area contributed by atoms with Gasteiger partial charge in [0.2, 0.25) is 5.82 Å². The van der Waals surface area contributed by atoms with E-state index in [2.05, 4.69) is 62.3 Å². The standard InChI is InChI=1S/C45H77F6OSi3/c1-12-25-53(26-13-2,27-14-3)28-21-19-20-23-30-54(33(4)5,29-22-17-15-16-18-24-31-55(34(6)7,35(8)9)36(10)11)52-45-43(50)40-39(42(49)44(45)51)37(46)32-38(47)41(40)48/h33-36H,12-31H2,1-11H3. The van der Waals surface area contributed by atoms with Gasteiger partial charge >= 0.3 is 0 Å². The van der Waals surface area contributed by atoms with Crippen molar-refractivity contribution < 1.29 is 30.8 Å². The van der Waals surface area contributed by atoms with Crippen LogP contribution in [0.3, 0.4) is 0 Å². The highest BCUT2D eigenvalue weighted by Crippen LogP contribution is 2.46. The fourth-order valence-corrected chi connectivity index (χ4v) is 27.0. The number of unbranched alkanes of at least 4 members (excludes halogenated alkanes) is 8. The Labute approximate surface area is 335 Å². The molecule has 0 bridgehead atoms. The Morgan fingerprint density at radius 1 is 0.436 bits per heavy atom. The molecule has 317 valence electrons. The Morgan fingerprint density at radius 2 is 0.855 bits per heavy atom. The molecule has 1 nitrogen and oxygen atoms in total. The number of rotatable bonds is 28. The van der Waals surface area contributed by atoms with Crippen LogP contribution < -0.4 is 4.43 Å². The Kier molecular flexibility index (Phi) is 21.2. The van der Waals surface area contributed by atoms with Crippen molar-refractivity contribution >= 4 is 35.2 Å². The predicted molar refractivity (Wildman–Crippen MR) is 232 cm³/mol. The van der Waals surface area contributed by atoms with Crippen LogP contribution in [0.5, 0.6) is 5.75 Å². The van der Waals surface area contributed by atoms with Gasteiger partial charge in [0.1, 0.15) is 5.82 Å². The molecule has 0 spiro atoms. The molecule has 0 fully saturated rings. The minimum Gasteiger partial charge on any atom is -0.539 e. The average Bonchev–Trinajstić information content (AvgIpc) is 3.10. The fraction of sp³-hybridized carbons (Fsp3) is 0.778. The molecule has 2 aromatic rings. The monoisotopic (exact) mass is 832 g/mol. The van der Waals surface area contributed by atoms with E-state index in [4.69, 9.17) is 4.43 Å². The van der Waals surface area contributed by atoms with E-state index < -0.39 is 75.9 Å². The maximum Gasteiger partial charge on any atom is 0.254 e. The van der Waals surface area contributed by atoms with Crippen molar-refractivity contribution in [1.82, 2.24) is 0 Å². The van der Waals surface area contributed by atoms with Gasteiger partial charge in [-0.15, -0.1) is 0 Å². The molecule has 2 rings (SSSR count). The summed E-state index contributed by atoms with van der Waals surface area (Å²) in [6.45, 7) is 25.4. The lowest BCUT2D eigenvalue weighted by Crippen LogP contribution is -2.45. The summed E-state index contributed by atoms with van der Waals surface area (Å²) in [5, 5.41) is -2.56. The second-order valence-electron chi connectivity index (χ2n) is 18.3. The van der Waals surface area contributed by atoms with Crippen LogP contribution in [0, 0.1) is 41.0 Å². The van der Waals surface area contributed by atoms with E-state index in [-0.39, 0.29) is 5.54 Å². The second-order valence-corrected chi connectivity index (χ2v) is 33.9. The summed E-state index contributed by atoms with van der Waals surface area (Å²) in [7, 11) is -5.77. The van der Waals surface area contributed by atoms with Crippen molar-refractivity contribution in [3.63, 3.8) is 0 Å². The molecular formula is C45H77F6OSi3. The molecule has 55 heavy (non-hydrogen) atoms. The number of halogens is 6. The van der Waals surface area contributed by atoms with Gasteiger partial charge in [0.15, 0.2) is 29.0 Å². The first-order valence-electron chi connectivity index (χ1n) is 22.2. The number of hydrogen-bond donors (Lipinski definition) is 0. The first-order valence-corrected chi connectivity index (χ1v) is 29.8. The van der Waals surface area contributed by atoms with Crippen molar-refractivity contribution in [2.45, 2.75) is 224 Å². The quantitative estimate of drug-likeness (QED) is 0.0359. The Hall–Kier alpha value is -1.27. The highest BCUT2D eigenvalue weighted by molar-refractivity contribution is 6.83. The zero-order chi connectivity index (χ0) is 41.6. The lowest BCUT2D eigenvalue weighted by molar-refractivity contribution is 0.404.